The first-order chi connectivity index (χ1) is 12.3. The number of carbonyl (C=O) groups is 2. The number of carbonyl (C=O) groups excluding carboxylic acids is 1. The highest BCUT2D eigenvalue weighted by Gasteiger charge is 2.11. The molecular formula is C17H14Cl2N2O4S. The largest absolute Gasteiger partial charge is 0.484 e. The van der Waals surface area contributed by atoms with E-state index in [0.29, 0.717) is 10.8 Å². The number of aryl methyl sites for hydroxylation is 1. The van der Waals surface area contributed by atoms with E-state index in [0.717, 1.165) is 5.56 Å². The smallest absolute Gasteiger partial charge is 0.335 e. The number of ether oxygens (including phenoxy) is 1. The number of amides is 1. The van der Waals surface area contributed by atoms with Crippen LogP contribution < -0.4 is 15.4 Å². The van der Waals surface area contributed by atoms with E-state index in [1.165, 1.54) is 18.2 Å². The van der Waals surface area contributed by atoms with Crippen LogP contribution in [0.3, 0.4) is 0 Å². The Bertz CT molecular complexity index is 874. The molecule has 1 amide bonds. The van der Waals surface area contributed by atoms with Crippen LogP contribution >= 0.6 is 35.4 Å². The number of rotatable bonds is 5. The van der Waals surface area contributed by atoms with Crippen molar-refractivity contribution in [3.8, 4) is 5.75 Å². The Morgan fingerprint density at radius 2 is 1.85 bits per heavy atom. The van der Waals surface area contributed by atoms with Gasteiger partial charge in [-0.2, -0.15) is 0 Å². The van der Waals surface area contributed by atoms with E-state index in [1.807, 2.05) is 6.92 Å². The molecule has 0 spiro atoms. The van der Waals surface area contributed by atoms with Gasteiger partial charge in [-0.15, -0.1) is 0 Å². The molecule has 0 fully saturated rings. The molecule has 0 heterocycles. The second-order valence-electron chi connectivity index (χ2n) is 5.20. The highest BCUT2D eigenvalue weighted by molar-refractivity contribution is 7.80. The Labute approximate surface area is 165 Å². The second kappa shape index (κ2) is 8.84. The van der Waals surface area contributed by atoms with Crippen molar-refractivity contribution in [1.29, 1.82) is 0 Å². The average Bonchev–Trinajstić information content (AvgIpc) is 2.57. The highest BCUT2D eigenvalue weighted by Crippen LogP contribution is 2.23. The minimum atomic E-state index is -1.11. The van der Waals surface area contributed by atoms with Gasteiger partial charge in [-0.25, -0.2) is 4.79 Å². The number of hydrogen-bond donors (Lipinski definition) is 3. The topological polar surface area (TPSA) is 87.7 Å². The number of hydrogen-bond acceptors (Lipinski definition) is 4. The Morgan fingerprint density at radius 3 is 2.50 bits per heavy atom. The van der Waals surface area contributed by atoms with Crippen LogP contribution in [0.4, 0.5) is 5.69 Å². The summed E-state index contributed by atoms with van der Waals surface area (Å²) in [5.74, 6) is -1.09. The van der Waals surface area contributed by atoms with Crippen molar-refractivity contribution in [1.82, 2.24) is 5.32 Å². The van der Waals surface area contributed by atoms with Crippen molar-refractivity contribution in [3.63, 3.8) is 0 Å². The van der Waals surface area contributed by atoms with Gasteiger partial charge in [-0.1, -0.05) is 23.2 Å². The molecule has 2 aromatic rings. The number of halogens is 2. The molecule has 9 heteroatoms. The minimum Gasteiger partial charge on any atom is -0.484 e. The SMILES string of the molecule is Cc1cc(OCC(=O)NC(=S)Nc2cc(C(=O)O)ccc2Cl)ccc1Cl. The number of benzene rings is 2. The van der Waals surface area contributed by atoms with E-state index in [2.05, 4.69) is 10.6 Å². The lowest BCUT2D eigenvalue weighted by molar-refractivity contribution is -0.121. The molecule has 0 saturated heterocycles. The van der Waals surface area contributed by atoms with Crippen LogP contribution in [0.2, 0.25) is 10.0 Å². The number of carboxylic acid groups (broad SMARTS) is 1. The molecule has 0 unspecified atom stereocenters. The number of carboxylic acids is 1. The molecule has 0 aliphatic heterocycles. The molecule has 136 valence electrons. The van der Waals surface area contributed by atoms with Crippen molar-refractivity contribution in [2.75, 3.05) is 11.9 Å². The number of nitrogens with one attached hydrogen (secondary N) is 2. The zero-order valence-corrected chi connectivity index (χ0v) is 15.8. The van der Waals surface area contributed by atoms with Crippen molar-refractivity contribution < 1.29 is 19.4 Å². The van der Waals surface area contributed by atoms with Gasteiger partial charge in [-0.3, -0.25) is 10.1 Å². The van der Waals surface area contributed by atoms with Gasteiger partial charge in [0.25, 0.3) is 5.91 Å². The zero-order valence-electron chi connectivity index (χ0n) is 13.5. The fourth-order valence-electron chi connectivity index (χ4n) is 1.93. The maximum Gasteiger partial charge on any atom is 0.335 e. The third kappa shape index (κ3) is 5.59. The highest BCUT2D eigenvalue weighted by atomic mass is 35.5. The van der Waals surface area contributed by atoms with Gasteiger partial charge in [0.15, 0.2) is 11.7 Å². The summed E-state index contributed by atoms with van der Waals surface area (Å²) in [6.45, 7) is 1.56. The number of aromatic carboxylic acids is 1. The van der Waals surface area contributed by atoms with Crippen molar-refractivity contribution in [2.24, 2.45) is 0 Å². The Kier molecular flexibility index (Phi) is 6.79. The van der Waals surface area contributed by atoms with Gasteiger partial charge in [0.1, 0.15) is 5.75 Å². The third-order valence-electron chi connectivity index (χ3n) is 3.21. The normalized spacial score (nSPS) is 10.1. The van der Waals surface area contributed by atoms with Crippen molar-refractivity contribution in [3.05, 3.63) is 57.6 Å². The van der Waals surface area contributed by atoms with Gasteiger partial charge in [0.05, 0.1) is 16.3 Å². The molecule has 0 aliphatic carbocycles. The summed E-state index contributed by atoms with van der Waals surface area (Å²) in [4.78, 5) is 22.9. The van der Waals surface area contributed by atoms with Crippen LogP contribution in [0.15, 0.2) is 36.4 Å². The van der Waals surface area contributed by atoms with Crippen molar-refractivity contribution >= 4 is 58.1 Å². The standard InChI is InChI=1S/C17H14Cl2N2O4S/c1-9-6-11(3-5-12(9)18)25-8-15(22)21-17(26)20-14-7-10(16(23)24)2-4-13(14)19/h2-7H,8H2,1H3,(H,23,24)(H2,20,21,22,26). The van der Waals surface area contributed by atoms with E-state index in [1.54, 1.807) is 18.2 Å². The lowest BCUT2D eigenvalue weighted by Gasteiger charge is -2.12. The van der Waals surface area contributed by atoms with Crippen LogP contribution in [-0.4, -0.2) is 28.7 Å². The van der Waals surface area contributed by atoms with E-state index in [4.69, 9.17) is 45.3 Å². The summed E-state index contributed by atoms with van der Waals surface area (Å²) < 4.78 is 5.37. The molecule has 0 aromatic heterocycles. The average molecular weight is 413 g/mol. The van der Waals surface area contributed by atoms with E-state index < -0.39 is 11.9 Å². The molecule has 2 aromatic carbocycles. The monoisotopic (exact) mass is 412 g/mol. The fourth-order valence-corrected chi connectivity index (χ4v) is 2.43. The van der Waals surface area contributed by atoms with E-state index >= 15 is 0 Å². The summed E-state index contributed by atoms with van der Waals surface area (Å²) in [5.41, 5.74) is 1.13. The maximum absolute atomic E-state index is 11.9. The molecule has 3 N–H and O–H groups in total. The summed E-state index contributed by atoms with van der Waals surface area (Å²) in [6, 6.07) is 9.13. The van der Waals surface area contributed by atoms with Gasteiger partial charge in [-0.05, 0) is 61.1 Å². The first-order valence-electron chi connectivity index (χ1n) is 7.29. The predicted molar refractivity (Wildman–Crippen MR) is 104 cm³/mol. The molecule has 26 heavy (non-hydrogen) atoms. The molecule has 6 nitrogen and oxygen atoms in total. The molecule has 0 radical (unpaired) electrons. The molecule has 0 atom stereocenters. The molecule has 0 aliphatic rings. The van der Waals surface area contributed by atoms with Crippen LogP contribution in [0.1, 0.15) is 15.9 Å². The van der Waals surface area contributed by atoms with E-state index in [9.17, 15) is 9.59 Å². The fraction of sp³-hybridized carbons (Fsp3) is 0.118. The quantitative estimate of drug-likeness (QED) is 0.645. The van der Waals surface area contributed by atoms with Crippen molar-refractivity contribution in [2.45, 2.75) is 6.92 Å². The van der Waals surface area contributed by atoms with Gasteiger partial charge >= 0.3 is 5.97 Å². The van der Waals surface area contributed by atoms with Crippen LogP contribution in [0, 0.1) is 6.92 Å². The summed E-state index contributed by atoms with van der Waals surface area (Å²) >= 11 is 16.9. The van der Waals surface area contributed by atoms with Crippen LogP contribution in [0.5, 0.6) is 5.75 Å². The third-order valence-corrected chi connectivity index (χ3v) is 4.17. The molecule has 0 bridgehead atoms. The Balaban J connectivity index is 1.91. The minimum absolute atomic E-state index is 0.0321. The number of thiocarbonyl (C=S) groups is 1. The lowest BCUT2D eigenvalue weighted by atomic mass is 10.2. The summed E-state index contributed by atoms with van der Waals surface area (Å²) in [7, 11) is 0. The summed E-state index contributed by atoms with van der Waals surface area (Å²) in [6.07, 6.45) is 0. The Hall–Kier alpha value is -2.35. The van der Waals surface area contributed by atoms with Crippen LogP contribution in [-0.2, 0) is 4.79 Å². The first-order valence-corrected chi connectivity index (χ1v) is 8.45. The first kappa shape index (κ1) is 20.0. The second-order valence-corrected chi connectivity index (χ2v) is 6.42. The molecule has 2 rings (SSSR count). The van der Waals surface area contributed by atoms with Gasteiger partial charge in [0.2, 0.25) is 0 Å². The predicted octanol–water partition coefficient (Wildman–Crippen LogP) is 3.89. The summed E-state index contributed by atoms with van der Waals surface area (Å²) in [5, 5.41) is 14.9. The van der Waals surface area contributed by atoms with Crippen LogP contribution in [0.25, 0.3) is 0 Å². The zero-order chi connectivity index (χ0) is 19.3. The van der Waals surface area contributed by atoms with E-state index in [-0.39, 0.29) is 28.0 Å². The molecule has 0 saturated carbocycles. The van der Waals surface area contributed by atoms with Gasteiger partial charge in [0, 0.05) is 5.02 Å². The van der Waals surface area contributed by atoms with Gasteiger partial charge < -0.3 is 15.2 Å². The molecular weight excluding hydrogens is 399 g/mol. The lowest BCUT2D eigenvalue weighted by Crippen LogP contribution is -2.37. The number of anilines is 1. The Morgan fingerprint density at radius 1 is 1.15 bits per heavy atom. The maximum atomic E-state index is 11.9.